The molecule has 16 heavy (non-hydrogen) atoms. The van der Waals surface area contributed by atoms with Crippen LogP contribution in [0.5, 0.6) is 0 Å². The third-order valence-electron chi connectivity index (χ3n) is 3.00. The van der Waals surface area contributed by atoms with E-state index in [-0.39, 0.29) is 0 Å². The number of aromatic nitrogens is 2. The summed E-state index contributed by atoms with van der Waals surface area (Å²) in [6.07, 6.45) is 4.43. The fourth-order valence-electron chi connectivity index (χ4n) is 2.07. The maximum absolute atomic E-state index is 4.33. The molecule has 1 aromatic heterocycles. The second kappa shape index (κ2) is 6.30. The summed E-state index contributed by atoms with van der Waals surface area (Å²) in [6, 6.07) is 2.12. The summed E-state index contributed by atoms with van der Waals surface area (Å²) >= 11 is 2.08. The maximum Gasteiger partial charge on any atom is 0.0522 e. The summed E-state index contributed by atoms with van der Waals surface area (Å²) in [5.74, 6) is 3.56. The number of hydrogen-bond acceptors (Lipinski definition) is 3. The lowest BCUT2D eigenvalue weighted by Gasteiger charge is -2.11. The monoisotopic (exact) mass is 239 g/mol. The van der Waals surface area contributed by atoms with Gasteiger partial charge in [0.2, 0.25) is 0 Å². The second-order valence-electron chi connectivity index (χ2n) is 4.41. The summed E-state index contributed by atoms with van der Waals surface area (Å²) < 4.78 is 2.11. The van der Waals surface area contributed by atoms with E-state index in [9.17, 15) is 0 Å². The van der Waals surface area contributed by atoms with Crippen molar-refractivity contribution in [1.82, 2.24) is 15.1 Å². The average Bonchev–Trinajstić information content (AvgIpc) is 2.91. The molecule has 0 amide bonds. The molecule has 1 atom stereocenters. The van der Waals surface area contributed by atoms with Crippen LogP contribution in [0.15, 0.2) is 12.3 Å². The highest BCUT2D eigenvalue weighted by Gasteiger charge is 2.14. The molecule has 1 N–H and O–H groups in total. The van der Waals surface area contributed by atoms with Gasteiger partial charge in [0.05, 0.1) is 5.69 Å². The van der Waals surface area contributed by atoms with Crippen LogP contribution in [0.1, 0.15) is 25.5 Å². The molecule has 0 radical (unpaired) electrons. The highest BCUT2D eigenvalue weighted by molar-refractivity contribution is 7.99. The molecular formula is C12H21N3S. The second-order valence-corrected chi connectivity index (χ2v) is 5.56. The van der Waals surface area contributed by atoms with E-state index in [4.69, 9.17) is 0 Å². The Labute approximate surface area is 102 Å². The van der Waals surface area contributed by atoms with E-state index in [1.165, 1.54) is 23.6 Å². The summed E-state index contributed by atoms with van der Waals surface area (Å²) in [5.41, 5.74) is 1.31. The minimum absolute atomic E-state index is 0.882. The average molecular weight is 239 g/mol. The maximum atomic E-state index is 4.33. The first kappa shape index (κ1) is 12.0. The summed E-state index contributed by atoms with van der Waals surface area (Å²) in [4.78, 5) is 0. The first-order valence-electron chi connectivity index (χ1n) is 6.19. The first-order valence-corrected chi connectivity index (χ1v) is 7.34. The minimum atomic E-state index is 0.882. The van der Waals surface area contributed by atoms with E-state index in [2.05, 4.69) is 39.8 Å². The van der Waals surface area contributed by atoms with Gasteiger partial charge in [-0.25, -0.2) is 0 Å². The smallest absolute Gasteiger partial charge is 0.0522 e. The van der Waals surface area contributed by atoms with Crippen molar-refractivity contribution in [1.29, 1.82) is 0 Å². The Morgan fingerprint density at radius 1 is 1.62 bits per heavy atom. The molecule has 1 aliphatic rings. The molecule has 2 heterocycles. The molecule has 3 nitrogen and oxygen atoms in total. The Kier molecular flexibility index (Phi) is 4.72. The molecule has 1 aromatic rings. The largest absolute Gasteiger partial charge is 0.311 e. The molecule has 1 aliphatic heterocycles. The van der Waals surface area contributed by atoms with Crippen molar-refractivity contribution < 1.29 is 0 Å². The van der Waals surface area contributed by atoms with Crippen molar-refractivity contribution in [3.05, 3.63) is 18.0 Å². The van der Waals surface area contributed by atoms with Gasteiger partial charge in [-0.3, -0.25) is 4.68 Å². The van der Waals surface area contributed by atoms with Crippen molar-refractivity contribution in [2.75, 3.05) is 18.1 Å². The zero-order chi connectivity index (χ0) is 11.2. The number of aryl methyl sites for hydroxylation is 1. The lowest BCUT2D eigenvalue weighted by molar-refractivity contribution is 0.498. The number of thioether (sulfide) groups is 1. The van der Waals surface area contributed by atoms with E-state index in [1.807, 2.05) is 6.20 Å². The molecule has 1 unspecified atom stereocenters. The third kappa shape index (κ3) is 3.25. The number of nitrogens with one attached hydrogen (secondary N) is 1. The number of rotatable bonds is 6. The first-order chi connectivity index (χ1) is 7.90. The van der Waals surface area contributed by atoms with Crippen LogP contribution >= 0.6 is 11.8 Å². The van der Waals surface area contributed by atoms with Crippen LogP contribution in [0.2, 0.25) is 0 Å². The molecule has 0 bridgehead atoms. The Bertz CT molecular complexity index is 305. The van der Waals surface area contributed by atoms with E-state index >= 15 is 0 Å². The highest BCUT2D eigenvalue weighted by Crippen LogP contribution is 2.22. The third-order valence-corrected chi connectivity index (χ3v) is 4.23. The van der Waals surface area contributed by atoms with E-state index in [0.29, 0.717) is 0 Å². The Morgan fingerprint density at radius 3 is 3.31 bits per heavy atom. The molecule has 1 fully saturated rings. The lowest BCUT2D eigenvalue weighted by atomic mass is 10.1. The molecule has 0 spiro atoms. The van der Waals surface area contributed by atoms with Gasteiger partial charge >= 0.3 is 0 Å². The van der Waals surface area contributed by atoms with Crippen molar-refractivity contribution in [3.8, 4) is 0 Å². The van der Waals surface area contributed by atoms with Crippen LogP contribution in [-0.4, -0.2) is 27.8 Å². The van der Waals surface area contributed by atoms with Gasteiger partial charge in [-0.2, -0.15) is 16.9 Å². The molecule has 1 saturated heterocycles. The van der Waals surface area contributed by atoms with Crippen LogP contribution in [-0.2, 0) is 13.1 Å². The zero-order valence-corrected chi connectivity index (χ0v) is 10.8. The van der Waals surface area contributed by atoms with Gasteiger partial charge in [0.25, 0.3) is 0 Å². The van der Waals surface area contributed by atoms with Gasteiger partial charge in [0.15, 0.2) is 0 Å². The molecule has 4 heteroatoms. The predicted octanol–water partition coefficient (Wildman–Crippen LogP) is 2.14. The zero-order valence-electron chi connectivity index (χ0n) is 9.98. The molecule has 0 saturated carbocycles. The number of nitrogens with zero attached hydrogens (tertiary/aromatic N) is 2. The Balaban J connectivity index is 1.73. The van der Waals surface area contributed by atoms with Gasteiger partial charge < -0.3 is 5.32 Å². The summed E-state index contributed by atoms with van der Waals surface area (Å²) in [6.45, 7) is 5.34. The van der Waals surface area contributed by atoms with Crippen LogP contribution < -0.4 is 5.32 Å². The van der Waals surface area contributed by atoms with Gasteiger partial charge in [0.1, 0.15) is 0 Å². The van der Waals surface area contributed by atoms with Crippen molar-refractivity contribution in [2.45, 2.75) is 32.9 Å². The van der Waals surface area contributed by atoms with Gasteiger partial charge in [-0.05, 0) is 42.9 Å². The van der Waals surface area contributed by atoms with Crippen LogP contribution in [0, 0.1) is 5.92 Å². The molecule has 2 rings (SSSR count). The highest BCUT2D eigenvalue weighted by atomic mass is 32.2. The van der Waals surface area contributed by atoms with Crippen molar-refractivity contribution >= 4 is 11.8 Å². The Hall–Kier alpha value is -0.480. The molecular weight excluding hydrogens is 218 g/mol. The SMILES string of the molecule is CCCn1nccc1CNCC1CCSC1. The standard InChI is InChI=1S/C12H21N3S/c1-2-6-15-12(3-5-14-15)9-13-8-11-4-7-16-10-11/h3,5,11,13H,2,4,6-10H2,1H3. The van der Waals surface area contributed by atoms with Gasteiger partial charge in [-0.1, -0.05) is 6.92 Å². The molecule has 0 aromatic carbocycles. The van der Waals surface area contributed by atoms with Crippen molar-refractivity contribution in [2.24, 2.45) is 5.92 Å². The quantitative estimate of drug-likeness (QED) is 0.825. The summed E-state index contributed by atoms with van der Waals surface area (Å²) in [7, 11) is 0. The topological polar surface area (TPSA) is 29.9 Å². The van der Waals surface area contributed by atoms with E-state index in [0.717, 1.165) is 32.0 Å². The minimum Gasteiger partial charge on any atom is -0.311 e. The van der Waals surface area contributed by atoms with Gasteiger partial charge in [0, 0.05) is 19.3 Å². The fraction of sp³-hybridized carbons (Fsp3) is 0.750. The van der Waals surface area contributed by atoms with Crippen LogP contribution in [0.4, 0.5) is 0 Å². The number of hydrogen-bond donors (Lipinski definition) is 1. The van der Waals surface area contributed by atoms with E-state index in [1.54, 1.807) is 0 Å². The van der Waals surface area contributed by atoms with Crippen molar-refractivity contribution in [3.63, 3.8) is 0 Å². The summed E-state index contributed by atoms with van der Waals surface area (Å²) in [5, 5.41) is 7.88. The van der Waals surface area contributed by atoms with Crippen LogP contribution in [0.25, 0.3) is 0 Å². The normalized spacial score (nSPS) is 20.4. The van der Waals surface area contributed by atoms with Gasteiger partial charge in [-0.15, -0.1) is 0 Å². The van der Waals surface area contributed by atoms with Crippen LogP contribution in [0.3, 0.4) is 0 Å². The lowest BCUT2D eigenvalue weighted by Crippen LogP contribution is -2.23. The van der Waals surface area contributed by atoms with E-state index < -0.39 is 0 Å². The fourth-order valence-corrected chi connectivity index (χ4v) is 3.36. The molecule has 90 valence electrons. The predicted molar refractivity (Wildman–Crippen MR) is 69.7 cm³/mol. The Morgan fingerprint density at radius 2 is 2.56 bits per heavy atom. The molecule has 0 aliphatic carbocycles.